The topological polar surface area (TPSA) is 92.0 Å². The molecule has 3 aromatic rings. The Morgan fingerprint density at radius 2 is 2.13 bits per heavy atom. The Bertz CT molecular complexity index is 859. The van der Waals surface area contributed by atoms with Crippen molar-refractivity contribution in [1.82, 2.24) is 15.2 Å². The van der Waals surface area contributed by atoms with Crippen LogP contribution in [0, 0.1) is 6.92 Å². The number of carboxylic acid groups (broad SMARTS) is 1. The fraction of sp³-hybridized carbons (Fsp3) is 0.133. The number of aryl methyl sites for hydroxylation is 1. The minimum Gasteiger partial charge on any atom is -0.481 e. The SMILES string of the molecule is Cc1ccc(-c2ccc(-c3nc(SCC(=O)O)n[nH]3)o2)cc1Cl. The van der Waals surface area contributed by atoms with Crippen molar-refractivity contribution in [2.24, 2.45) is 0 Å². The molecule has 0 spiro atoms. The van der Waals surface area contributed by atoms with Crippen molar-refractivity contribution in [3.8, 4) is 22.9 Å². The van der Waals surface area contributed by atoms with Crippen LogP contribution in [0.2, 0.25) is 5.02 Å². The Hall–Kier alpha value is -2.25. The molecule has 0 aliphatic carbocycles. The summed E-state index contributed by atoms with van der Waals surface area (Å²) in [5.41, 5.74) is 1.87. The Kier molecular flexibility index (Phi) is 4.40. The summed E-state index contributed by atoms with van der Waals surface area (Å²) in [7, 11) is 0. The third kappa shape index (κ3) is 3.57. The fourth-order valence-corrected chi connectivity index (χ4v) is 2.61. The van der Waals surface area contributed by atoms with Crippen molar-refractivity contribution in [3.05, 3.63) is 40.9 Å². The number of carbonyl (C=O) groups is 1. The average molecular weight is 350 g/mol. The van der Waals surface area contributed by atoms with Gasteiger partial charge in [0.2, 0.25) is 5.16 Å². The van der Waals surface area contributed by atoms with Crippen LogP contribution in [-0.2, 0) is 4.79 Å². The highest BCUT2D eigenvalue weighted by Gasteiger charge is 2.13. The van der Waals surface area contributed by atoms with Crippen LogP contribution in [-0.4, -0.2) is 32.0 Å². The summed E-state index contributed by atoms with van der Waals surface area (Å²) < 4.78 is 5.77. The van der Waals surface area contributed by atoms with Crippen LogP contribution in [0.4, 0.5) is 0 Å². The molecule has 2 heterocycles. The molecule has 0 bridgehead atoms. The quantitative estimate of drug-likeness (QED) is 0.679. The van der Waals surface area contributed by atoms with Gasteiger partial charge in [0.1, 0.15) is 5.76 Å². The van der Waals surface area contributed by atoms with Gasteiger partial charge in [0.25, 0.3) is 0 Å². The molecule has 0 aliphatic heterocycles. The molecule has 0 saturated carbocycles. The molecule has 8 heteroatoms. The van der Waals surface area contributed by atoms with E-state index < -0.39 is 5.97 Å². The molecule has 0 atom stereocenters. The van der Waals surface area contributed by atoms with Crippen molar-refractivity contribution in [2.45, 2.75) is 12.1 Å². The van der Waals surface area contributed by atoms with Gasteiger partial charge in [-0.2, -0.15) is 4.98 Å². The second-order valence-electron chi connectivity index (χ2n) is 4.78. The van der Waals surface area contributed by atoms with Gasteiger partial charge in [0, 0.05) is 10.6 Å². The van der Waals surface area contributed by atoms with Gasteiger partial charge >= 0.3 is 5.97 Å². The molecule has 0 unspecified atom stereocenters. The van der Waals surface area contributed by atoms with Crippen LogP contribution >= 0.6 is 23.4 Å². The minimum atomic E-state index is -0.919. The van der Waals surface area contributed by atoms with Gasteiger partial charge in [-0.3, -0.25) is 9.89 Å². The zero-order chi connectivity index (χ0) is 16.4. The van der Waals surface area contributed by atoms with Gasteiger partial charge in [-0.15, -0.1) is 5.10 Å². The number of H-pyrrole nitrogens is 1. The van der Waals surface area contributed by atoms with Crippen molar-refractivity contribution in [3.63, 3.8) is 0 Å². The van der Waals surface area contributed by atoms with Gasteiger partial charge in [0.05, 0.1) is 5.75 Å². The van der Waals surface area contributed by atoms with E-state index in [1.165, 1.54) is 0 Å². The van der Waals surface area contributed by atoms with E-state index >= 15 is 0 Å². The highest BCUT2D eigenvalue weighted by Crippen LogP contribution is 2.30. The Labute approximate surface area is 140 Å². The number of carboxylic acids is 1. The molecule has 0 radical (unpaired) electrons. The van der Waals surface area contributed by atoms with E-state index in [2.05, 4.69) is 15.2 Å². The first-order chi connectivity index (χ1) is 11.0. The third-order valence-electron chi connectivity index (χ3n) is 3.09. The zero-order valence-corrected chi connectivity index (χ0v) is 13.6. The fourth-order valence-electron chi connectivity index (χ4n) is 1.91. The zero-order valence-electron chi connectivity index (χ0n) is 12.0. The summed E-state index contributed by atoms with van der Waals surface area (Å²) in [6.45, 7) is 1.94. The molecular weight excluding hydrogens is 338 g/mol. The molecule has 0 amide bonds. The molecule has 0 fully saturated rings. The van der Waals surface area contributed by atoms with Gasteiger partial charge in [0.15, 0.2) is 11.6 Å². The maximum absolute atomic E-state index is 10.5. The number of nitrogens with one attached hydrogen (secondary N) is 1. The molecule has 0 saturated heterocycles. The molecule has 1 aromatic carbocycles. The standard InChI is InChI=1S/C15H12ClN3O3S/c1-8-2-3-9(6-10(8)16)11-4-5-12(22-11)14-17-15(19-18-14)23-7-13(20)21/h2-6H,7H2,1H3,(H,20,21)(H,17,18,19). The van der Waals surface area contributed by atoms with Crippen molar-refractivity contribution in [2.75, 3.05) is 5.75 Å². The van der Waals surface area contributed by atoms with E-state index in [4.69, 9.17) is 21.1 Å². The predicted octanol–water partition coefficient (Wildman–Crippen LogP) is 3.87. The number of nitrogens with zero attached hydrogens (tertiary/aromatic N) is 2. The van der Waals surface area contributed by atoms with Crippen LogP contribution in [0.3, 0.4) is 0 Å². The first-order valence-corrected chi connectivity index (χ1v) is 8.03. The van der Waals surface area contributed by atoms with E-state index in [0.29, 0.717) is 27.5 Å². The first-order valence-electron chi connectivity index (χ1n) is 6.66. The van der Waals surface area contributed by atoms with Crippen LogP contribution < -0.4 is 0 Å². The highest BCUT2D eigenvalue weighted by atomic mass is 35.5. The summed E-state index contributed by atoms with van der Waals surface area (Å²) in [5.74, 6) is 0.618. The Balaban J connectivity index is 1.81. The number of aliphatic carboxylic acids is 1. The van der Waals surface area contributed by atoms with Gasteiger partial charge in [-0.25, -0.2) is 0 Å². The Morgan fingerprint density at radius 3 is 2.87 bits per heavy atom. The lowest BCUT2D eigenvalue weighted by molar-refractivity contribution is -0.133. The summed E-state index contributed by atoms with van der Waals surface area (Å²) >= 11 is 7.17. The molecular formula is C15H12ClN3O3S. The van der Waals surface area contributed by atoms with Gasteiger partial charge < -0.3 is 9.52 Å². The number of furan rings is 1. The second kappa shape index (κ2) is 6.47. The first kappa shape index (κ1) is 15.6. The van der Waals surface area contributed by atoms with E-state index in [1.54, 1.807) is 6.07 Å². The number of rotatable bonds is 5. The maximum Gasteiger partial charge on any atom is 0.313 e. The maximum atomic E-state index is 10.5. The smallest absolute Gasteiger partial charge is 0.313 e. The minimum absolute atomic E-state index is 0.0947. The highest BCUT2D eigenvalue weighted by molar-refractivity contribution is 7.99. The van der Waals surface area contributed by atoms with Crippen LogP contribution in [0.5, 0.6) is 0 Å². The number of benzene rings is 1. The lowest BCUT2D eigenvalue weighted by Crippen LogP contribution is -1.97. The lowest BCUT2D eigenvalue weighted by atomic mass is 10.1. The number of hydrogen-bond acceptors (Lipinski definition) is 5. The number of aromatic amines is 1. The van der Waals surface area contributed by atoms with Crippen LogP contribution in [0.15, 0.2) is 39.9 Å². The largest absolute Gasteiger partial charge is 0.481 e. The predicted molar refractivity (Wildman–Crippen MR) is 87.6 cm³/mol. The molecule has 2 aromatic heterocycles. The van der Waals surface area contributed by atoms with E-state index in [-0.39, 0.29) is 5.75 Å². The second-order valence-corrected chi connectivity index (χ2v) is 6.13. The number of hydrogen-bond donors (Lipinski definition) is 2. The van der Waals surface area contributed by atoms with E-state index in [0.717, 1.165) is 22.9 Å². The van der Waals surface area contributed by atoms with E-state index in [9.17, 15) is 4.79 Å². The molecule has 0 aliphatic rings. The average Bonchev–Trinajstić information content (AvgIpc) is 3.16. The molecule has 23 heavy (non-hydrogen) atoms. The van der Waals surface area contributed by atoms with Gasteiger partial charge in [-0.05, 0) is 30.7 Å². The van der Waals surface area contributed by atoms with Crippen molar-refractivity contribution in [1.29, 1.82) is 0 Å². The molecule has 6 nitrogen and oxygen atoms in total. The third-order valence-corrected chi connectivity index (χ3v) is 4.32. The summed E-state index contributed by atoms with van der Waals surface area (Å²) in [5, 5.41) is 16.4. The normalized spacial score (nSPS) is 10.9. The van der Waals surface area contributed by atoms with E-state index in [1.807, 2.05) is 31.2 Å². The number of aromatic nitrogens is 3. The monoisotopic (exact) mass is 349 g/mol. The number of halogens is 1. The van der Waals surface area contributed by atoms with Crippen molar-refractivity contribution < 1.29 is 14.3 Å². The van der Waals surface area contributed by atoms with Crippen LogP contribution in [0.1, 0.15) is 5.56 Å². The molecule has 3 rings (SSSR count). The van der Waals surface area contributed by atoms with Crippen molar-refractivity contribution >= 4 is 29.3 Å². The number of thioether (sulfide) groups is 1. The lowest BCUT2D eigenvalue weighted by Gasteiger charge is -2.00. The summed E-state index contributed by atoms with van der Waals surface area (Å²) in [4.78, 5) is 14.7. The molecule has 118 valence electrons. The summed E-state index contributed by atoms with van der Waals surface area (Å²) in [6.07, 6.45) is 0. The van der Waals surface area contributed by atoms with Crippen LogP contribution in [0.25, 0.3) is 22.9 Å². The molecule has 2 N–H and O–H groups in total. The van der Waals surface area contributed by atoms with Gasteiger partial charge in [-0.1, -0.05) is 35.5 Å². The summed E-state index contributed by atoms with van der Waals surface area (Å²) in [6, 6.07) is 9.29. The Morgan fingerprint density at radius 1 is 1.35 bits per heavy atom.